The number of hydrogen-bond donors (Lipinski definition) is 1. The molecule has 1 N–H and O–H groups in total. The quantitative estimate of drug-likeness (QED) is 0.805. The molecule has 1 aliphatic rings. The number of rotatable bonds is 5. The number of nitrogens with zero attached hydrogens (tertiary/aromatic N) is 1. The minimum Gasteiger partial charge on any atom is -0.389 e. The number of nitriles is 1. The molecule has 2 nitrogen and oxygen atoms in total. The van der Waals surface area contributed by atoms with Crippen molar-refractivity contribution in [3.63, 3.8) is 0 Å². The molecular weight excluding hydrogens is 267 g/mol. The van der Waals surface area contributed by atoms with Crippen LogP contribution in [0.1, 0.15) is 65.2 Å². The van der Waals surface area contributed by atoms with Gasteiger partial charge in [0.25, 0.3) is 0 Å². The van der Waals surface area contributed by atoms with Crippen LogP contribution in [0.15, 0.2) is 0 Å². The highest BCUT2D eigenvalue weighted by atomic mass is 19.4. The first kappa shape index (κ1) is 17.3. The van der Waals surface area contributed by atoms with Gasteiger partial charge in [0.1, 0.15) is 0 Å². The first-order valence-corrected chi connectivity index (χ1v) is 7.36. The van der Waals surface area contributed by atoms with E-state index in [4.69, 9.17) is 0 Å². The van der Waals surface area contributed by atoms with Crippen molar-refractivity contribution in [3.05, 3.63) is 0 Å². The fourth-order valence-electron chi connectivity index (χ4n) is 3.32. The van der Waals surface area contributed by atoms with Gasteiger partial charge in [-0.2, -0.15) is 18.4 Å². The van der Waals surface area contributed by atoms with Crippen LogP contribution >= 0.6 is 0 Å². The lowest BCUT2D eigenvalue weighted by molar-refractivity contribution is -0.141. The van der Waals surface area contributed by atoms with E-state index in [2.05, 4.69) is 13.0 Å². The molecule has 20 heavy (non-hydrogen) atoms. The number of halogens is 3. The van der Waals surface area contributed by atoms with Crippen molar-refractivity contribution in [3.8, 4) is 6.07 Å². The molecule has 0 bridgehead atoms. The van der Waals surface area contributed by atoms with E-state index in [1.54, 1.807) is 0 Å². The van der Waals surface area contributed by atoms with Gasteiger partial charge in [-0.1, -0.05) is 26.2 Å². The highest BCUT2D eigenvalue weighted by molar-refractivity contribution is 5.11. The van der Waals surface area contributed by atoms with Crippen LogP contribution in [0.5, 0.6) is 0 Å². The summed E-state index contributed by atoms with van der Waals surface area (Å²) in [6.45, 7) is 3.58. The first-order chi connectivity index (χ1) is 9.16. The van der Waals surface area contributed by atoms with Gasteiger partial charge < -0.3 is 5.11 Å². The Morgan fingerprint density at radius 3 is 2.50 bits per heavy atom. The largest absolute Gasteiger partial charge is 0.389 e. The molecule has 1 aliphatic carbocycles. The molecule has 5 heteroatoms. The molecule has 1 saturated carbocycles. The number of hydrogen-bond acceptors (Lipinski definition) is 2. The third-order valence-electron chi connectivity index (χ3n) is 4.80. The maximum absolute atomic E-state index is 12.2. The second-order valence-corrected chi connectivity index (χ2v) is 6.31. The Kier molecular flexibility index (Phi) is 5.48. The van der Waals surface area contributed by atoms with Crippen LogP contribution in [0.2, 0.25) is 0 Å². The van der Waals surface area contributed by atoms with Crippen molar-refractivity contribution in [1.82, 2.24) is 0 Å². The maximum Gasteiger partial charge on any atom is 0.389 e. The van der Waals surface area contributed by atoms with Gasteiger partial charge in [0.05, 0.1) is 17.1 Å². The number of aliphatic hydroxyl groups is 1. The van der Waals surface area contributed by atoms with Gasteiger partial charge in [0.15, 0.2) is 0 Å². The Balaban J connectivity index is 2.73. The summed E-state index contributed by atoms with van der Waals surface area (Å²) in [5.74, 6) is 0.387. The third kappa shape index (κ3) is 4.12. The van der Waals surface area contributed by atoms with Crippen molar-refractivity contribution in [1.29, 1.82) is 5.26 Å². The Morgan fingerprint density at radius 2 is 2.00 bits per heavy atom. The topological polar surface area (TPSA) is 44.0 Å². The molecule has 0 aromatic heterocycles. The monoisotopic (exact) mass is 291 g/mol. The molecule has 0 heterocycles. The fraction of sp³-hybridized carbons (Fsp3) is 0.933. The predicted molar refractivity (Wildman–Crippen MR) is 70.8 cm³/mol. The zero-order valence-corrected chi connectivity index (χ0v) is 12.3. The predicted octanol–water partition coefficient (Wildman–Crippen LogP) is 4.58. The molecule has 0 amide bonds. The molecule has 0 radical (unpaired) electrons. The van der Waals surface area contributed by atoms with Crippen molar-refractivity contribution in [2.45, 2.75) is 77.0 Å². The molecular formula is C15H24F3NO. The van der Waals surface area contributed by atoms with Crippen LogP contribution in [0.3, 0.4) is 0 Å². The van der Waals surface area contributed by atoms with E-state index in [-0.39, 0.29) is 12.8 Å². The van der Waals surface area contributed by atoms with Crippen molar-refractivity contribution in [2.24, 2.45) is 11.3 Å². The van der Waals surface area contributed by atoms with Gasteiger partial charge in [-0.3, -0.25) is 0 Å². The summed E-state index contributed by atoms with van der Waals surface area (Å²) in [5, 5.41) is 20.1. The molecule has 3 unspecified atom stereocenters. The van der Waals surface area contributed by atoms with Gasteiger partial charge >= 0.3 is 6.18 Å². The Bertz CT molecular complexity index is 359. The Morgan fingerprint density at radius 1 is 1.35 bits per heavy atom. The first-order valence-electron chi connectivity index (χ1n) is 7.36. The summed E-state index contributed by atoms with van der Waals surface area (Å²) in [7, 11) is 0. The molecule has 3 atom stereocenters. The van der Waals surface area contributed by atoms with E-state index in [0.29, 0.717) is 18.8 Å². The van der Waals surface area contributed by atoms with E-state index in [9.17, 15) is 23.5 Å². The zero-order valence-electron chi connectivity index (χ0n) is 12.3. The van der Waals surface area contributed by atoms with Gasteiger partial charge in [-0.25, -0.2) is 0 Å². The molecule has 1 fully saturated rings. The van der Waals surface area contributed by atoms with E-state index in [0.717, 1.165) is 19.3 Å². The summed E-state index contributed by atoms with van der Waals surface area (Å²) < 4.78 is 36.7. The van der Waals surface area contributed by atoms with E-state index >= 15 is 0 Å². The van der Waals surface area contributed by atoms with Crippen LogP contribution in [0.25, 0.3) is 0 Å². The molecule has 1 rings (SSSR count). The minimum atomic E-state index is -4.20. The zero-order chi connectivity index (χ0) is 15.4. The maximum atomic E-state index is 12.2. The van der Waals surface area contributed by atoms with Gasteiger partial charge in [0.2, 0.25) is 0 Å². The Labute approximate surface area is 119 Å². The highest BCUT2D eigenvalue weighted by Gasteiger charge is 2.49. The third-order valence-corrected chi connectivity index (χ3v) is 4.80. The van der Waals surface area contributed by atoms with Crippen LogP contribution in [0.4, 0.5) is 13.2 Å². The summed E-state index contributed by atoms with van der Waals surface area (Å²) >= 11 is 0. The van der Waals surface area contributed by atoms with Gasteiger partial charge in [0, 0.05) is 6.42 Å². The lowest BCUT2D eigenvalue weighted by Gasteiger charge is -2.45. The van der Waals surface area contributed by atoms with Crippen molar-refractivity contribution >= 4 is 0 Å². The fourth-order valence-corrected chi connectivity index (χ4v) is 3.32. The van der Waals surface area contributed by atoms with Crippen LogP contribution < -0.4 is 0 Å². The molecule has 0 spiro atoms. The van der Waals surface area contributed by atoms with Gasteiger partial charge in [-0.05, 0) is 38.5 Å². The van der Waals surface area contributed by atoms with Crippen LogP contribution in [-0.4, -0.2) is 16.9 Å². The lowest BCUT2D eigenvalue weighted by Crippen LogP contribution is -2.48. The van der Waals surface area contributed by atoms with Crippen LogP contribution in [0, 0.1) is 22.7 Å². The summed E-state index contributed by atoms with van der Waals surface area (Å²) in [4.78, 5) is 0. The standard InChI is InChI=1S/C15H24F3NO/c1-3-12-6-4-8-14(10-12,11-19)13(2,20)7-5-9-15(16,17)18/h12,20H,3-10H2,1-2H3. The normalized spacial score (nSPS) is 30.6. The van der Waals surface area contributed by atoms with Crippen molar-refractivity contribution in [2.75, 3.05) is 0 Å². The second-order valence-electron chi connectivity index (χ2n) is 6.31. The van der Waals surface area contributed by atoms with E-state index in [1.165, 1.54) is 6.92 Å². The summed E-state index contributed by atoms with van der Waals surface area (Å²) in [6, 6.07) is 2.24. The summed E-state index contributed by atoms with van der Waals surface area (Å²) in [5.41, 5.74) is -2.24. The Hall–Kier alpha value is -0.760. The SMILES string of the molecule is CCC1CCCC(C#N)(C(C)(O)CCCC(F)(F)F)C1. The van der Waals surface area contributed by atoms with E-state index < -0.39 is 23.6 Å². The van der Waals surface area contributed by atoms with E-state index in [1.807, 2.05) is 0 Å². The van der Waals surface area contributed by atoms with Crippen LogP contribution in [-0.2, 0) is 0 Å². The van der Waals surface area contributed by atoms with Crippen molar-refractivity contribution < 1.29 is 18.3 Å². The average Bonchev–Trinajstić information content (AvgIpc) is 2.36. The summed E-state index contributed by atoms with van der Waals surface area (Å²) in [6.07, 6.45) is -1.18. The molecule has 0 saturated heterocycles. The smallest absolute Gasteiger partial charge is 0.389 e. The molecule has 0 aromatic rings. The number of alkyl halides is 3. The average molecular weight is 291 g/mol. The molecule has 116 valence electrons. The lowest BCUT2D eigenvalue weighted by atomic mass is 9.60. The highest BCUT2D eigenvalue weighted by Crippen LogP contribution is 2.49. The minimum absolute atomic E-state index is 0.0243. The van der Waals surface area contributed by atoms with Gasteiger partial charge in [-0.15, -0.1) is 0 Å². The molecule has 0 aliphatic heterocycles. The second kappa shape index (κ2) is 6.34. The molecule has 0 aromatic carbocycles.